The maximum absolute atomic E-state index is 15.1. The topological polar surface area (TPSA) is 74.2 Å². The molecule has 2 aliphatic rings. The third-order valence-corrected chi connectivity index (χ3v) is 6.74. The summed E-state index contributed by atoms with van der Waals surface area (Å²) in [6.45, 7) is 4.10. The molecule has 176 valence electrons. The van der Waals surface area contributed by atoms with Crippen LogP contribution in [0.2, 0.25) is 0 Å². The number of carbonyl (C=O) groups excluding carboxylic acids is 1. The molecule has 0 radical (unpaired) electrons. The predicted octanol–water partition coefficient (Wildman–Crippen LogP) is 3.18. The molecule has 0 spiro atoms. The van der Waals surface area contributed by atoms with E-state index < -0.39 is 29.2 Å². The average Bonchev–Trinajstić information content (AvgIpc) is 3.22. The van der Waals surface area contributed by atoms with E-state index >= 15 is 4.39 Å². The van der Waals surface area contributed by atoms with Crippen molar-refractivity contribution in [2.75, 3.05) is 24.2 Å². The molecule has 2 aromatic carbocycles. The second kappa shape index (κ2) is 9.56. The lowest BCUT2D eigenvalue weighted by Crippen LogP contribution is -2.54. The number of hydrogen-bond donors (Lipinski definition) is 1. The van der Waals surface area contributed by atoms with Gasteiger partial charge in [0.1, 0.15) is 5.82 Å². The lowest BCUT2D eigenvalue weighted by molar-refractivity contribution is -0.125. The second-order valence-corrected chi connectivity index (χ2v) is 9.64. The zero-order chi connectivity index (χ0) is 23.7. The number of alkyl halides is 1. The van der Waals surface area contributed by atoms with Crippen LogP contribution in [0.15, 0.2) is 47.6 Å². The van der Waals surface area contributed by atoms with Gasteiger partial charge in [-0.2, -0.15) is 0 Å². The molecule has 4 rings (SSSR count). The van der Waals surface area contributed by atoms with Crippen LogP contribution < -0.4 is 10.3 Å². The summed E-state index contributed by atoms with van der Waals surface area (Å²) in [5.74, 6) is -1.02. The van der Waals surface area contributed by atoms with Crippen LogP contribution in [0, 0.1) is 18.7 Å². The molecule has 1 fully saturated rings. The highest BCUT2D eigenvalue weighted by molar-refractivity contribution is 7.81. The van der Waals surface area contributed by atoms with Crippen molar-refractivity contribution in [2.45, 2.75) is 32.8 Å². The molecule has 0 aliphatic carbocycles. The number of nitrogens with zero attached hydrogens (tertiary/aromatic N) is 3. The van der Waals surface area contributed by atoms with Crippen molar-refractivity contribution in [1.29, 1.82) is 0 Å². The molecule has 10 heteroatoms. The molecular formula is C23H26F2N4O3S. The number of halogens is 2. The van der Waals surface area contributed by atoms with E-state index in [4.69, 9.17) is 4.74 Å². The van der Waals surface area contributed by atoms with Crippen molar-refractivity contribution < 1.29 is 22.5 Å². The first-order chi connectivity index (χ1) is 15.7. The molecule has 2 heterocycles. The van der Waals surface area contributed by atoms with Crippen molar-refractivity contribution >= 4 is 28.5 Å². The minimum atomic E-state index is -1.37. The first-order valence-corrected chi connectivity index (χ1v) is 12.1. The van der Waals surface area contributed by atoms with Crippen molar-refractivity contribution in [2.24, 2.45) is 11.0 Å². The van der Waals surface area contributed by atoms with E-state index in [-0.39, 0.29) is 24.3 Å². The van der Waals surface area contributed by atoms with Crippen LogP contribution in [0.5, 0.6) is 0 Å². The normalized spacial score (nSPS) is 20.3. The number of amides is 1. The Morgan fingerprint density at radius 3 is 2.70 bits per heavy atom. The Hall–Kier alpha value is -2.85. The number of hydrogen-bond acceptors (Lipinski definition) is 5. The third kappa shape index (κ3) is 5.06. The molecule has 2 aliphatic heterocycles. The summed E-state index contributed by atoms with van der Waals surface area (Å²) >= 11 is 0. The van der Waals surface area contributed by atoms with Crippen molar-refractivity contribution in [3.8, 4) is 0 Å². The SMILES string of the molecule is Cc1cccc(N(Cc2ccc(C3NN=C(C(C)F)O3)cc2F)C(=O)C2CN(S(C)=O)C2)c1. The fraction of sp³-hybridized carbons (Fsp3) is 0.391. The summed E-state index contributed by atoms with van der Waals surface area (Å²) in [5.41, 5.74) is 5.10. The van der Waals surface area contributed by atoms with Crippen LogP contribution in [-0.4, -0.2) is 45.8 Å². The Kier molecular flexibility index (Phi) is 6.76. The third-order valence-electron chi connectivity index (χ3n) is 5.72. The van der Waals surface area contributed by atoms with Gasteiger partial charge in [0.25, 0.3) is 0 Å². The van der Waals surface area contributed by atoms with Crippen LogP contribution in [-0.2, 0) is 27.1 Å². The average molecular weight is 477 g/mol. The number of aryl methyl sites for hydroxylation is 1. The van der Waals surface area contributed by atoms with E-state index in [2.05, 4.69) is 10.5 Å². The smallest absolute Gasteiger partial charge is 0.242 e. The number of anilines is 1. The van der Waals surface area contributed by atoms with Crippen molar-refractivity contribution in [1.82, 2.24) is 9.73 Å². The van der Waals surface area contributed by atoms with Crippen LogP contribution in [0.3, 0.4) is 0 Å². The van der Waals surface area contributed by atoms with Crippen LogP contribution in [0.25, 0.3) is 0 Å². The molecule has 2 aromatic rings. The largest absolute Gasteiger partial charge is 0.448 e. The quantitative estimate of drug-likeness (QED) is 0.666. The van der Waals surface area contributed by atoms with Gasteiger partial charge in [-0.15, -0.1) is 5.10 Å². The Balaban J connectivity index is 1.54. The molecule has 7 nitrogen and oxygen atoms in total. The number of benzene rings is 2. The second-order valence-electron chi connectivity index (χ2n) is 8.27. The molecule has 0 aromatic heterocycles. The first kappa shape index (κ1) is 23.3. The van der Waals surface area contributed by atoms with Gasteiger partial charge in [-0.05, 0) is 37.6 Å². The van der Waals surface area contributed by atoms with E-state index in [1.807, 2.05) is 31.2 Å². The molecule has 3 atom stereocenters. The number of rotatable bonds is 7. The monoisotopic (exact) mass is 476 g/mol. The van der Waals surface area contributed by atoms with Crippen LogP contribution in [0.1, 0.15) is 29.8 Å². The highest BCUT2D eigenvalue weighted by Crippen LogP contribution is 2.28. The summed E-state index contributed by atoms with van der Waals surface area (Å²) in [5, 5.41) is 3.79. The van der Waals surface area contributed by atoms with Crippen molar-refractivity contribution in [3.05, 3.63) is 65.0 Å². The number of carbonyl (C=O) groups is 1. The molecule has 0 saturated carbocycles. The van der Waals surface area contributed by atoms with Gasteiger partial charge in [-0.1, -0.05) is 24.3 Å². The predicted molar refractivity (Wildman–Crippen MR) is 123 cm³/mol. The van der Waals surface area contributed by atoms with Gasteiger partial charge in [0.05, 0.1) is 23.4 Å². The highest BCUT2D eigenvalue weighted by Gasteiger charge is 2.38. The number of hydrazone groups is 1. The minimum absolute atomic E-state index is 0.0440. The lowest BCUT2D eigenvalue weighted by Gasteiger charge is -2.39. The van der Waals surface area contributed by atoms with E-state index in [9.17, 15) is 13.4 Å². The first-order valence-electron chi connectivity index (χ1n) is 10.6. The Labute approximate surface area is 194 Å². The van der Waals surface area contributed by atoms with Crippen molar-refractivity contribution in [3.63, 3.8) is 0 Å². The van der Waals surface area contributed by atoms with Gasteiger partial charge in [-0.25, -0.2) is 17.3 Å². The minimum Gasteiger partial charge on any atom is -0.448 e. The molecule has 1 saturated heterocycles. The zero-order valence-electron chi connectivity index (χ0n) is 18.6. The summed E-state index contributed by atoms with van der Waals surface area (Å²) in [7, 11) is -1.12. The van der Waals surface area contributed by atoms with Gasteiger partial charge in [0, 0.05) is 36.2 Å². The molecular weight excluding hydrogens is 450 g/mol. The van der Waals surface area contributed by atoms with Gasteiger partial charge >= 0.3 is 0 Å². The number of ether oxygens (including phenoxy) is 1. The zero-order valence-corrected chi connectivity index (χ0v) is 19.4. The van der Waals surface area contributed by atoms with E-state index in [0.29, 0.717) is 29.9 Å². The Bertz CT molecular complexity index is 1100. The summed E-state index contributed by atoms with van der Waals surface area (Å²) in [6.07, 6.45) is -0.554. The molecule has 3 unspecified atom stereocenters. The van der Waals surface area contributed by atoms with E-state index in [0.717, 1.165) is 5.56 Å². The van der Waals surface area contributed by atoms with Gasteiger partial charge in [-0.3, -0.25) is 10.2 Å². The van der Waals surface area contributed by atoms with Gasteiger partial charge < -0.3 is 9.64 Å². The van der Waals surface area contributed by atoms with Gasteiger partial charge in [0.2, 0.25) is 18.0 Å². The summed E-state index contributed by atoms with van der Waals surface area (Å²) in [4.78, 5) is 14.9. The maximum Gasteiger partial charge on any atom is 0.242 e. The lowest BCUT2D eigenvalue weighted by atomic mass is 10.00. The fourth-order valence-electron chi connectivity index (χ4n) is 3.76. The standard InChI is InChI=1S/C23H26F2N4O3S/c1-14-5-4-6-19(9-14)29(23(30)18-11-28(12-18)33(3)31)13-17-8-7-16(10-20(17)25)22-27-26-21(32-22)15(2)24/h4-10,15,18,22,27H,11-13H2,1-3H3. The molecule has 33 heavy (non-hydrogen) atoms. The van der Waals surface area contributed by atoms with E-state index in [1.54, 1.807) is 27.6 Å². The molecule has 1 N–H and O–H groups in total. The Morgan fingerprint density at radius 1 is 1.33 bits per heavy atom. The van der Waals surface area contributed by atoms with Crippen LogP contribution in [0.4, 0.5) is 14.5 Å². The summed E-state index contributed by atoms with van der Waals surface area (Å²) < 4.78 is 47.2. The van der Waals surface area contributed by atoms with Crippen LogP contribution >= 0.6 is 0 Å². The Morgan fingerprint density at radius 2 is 2.09 bits per heavy atom. The summed E-state index contributed by atoms with van der Waals surface area (Å²) in [6, 6.07) is 12.0. The highest BCUT2D eigenvalue weighted by atomic mass is 32.2. The number of nitrogens with one attached hydrogen (secondary N) is 1. The van der Waals surface area contributed by atoms with Gasteiger partial charge in [0.15, 0.2) is 6.17 Å². The molecule has 0 bridgehead atoms. The molecule has 1 amide bonds. The maximum atomic E-state index is 15.1. The van der Waals surface area contributed by atoms with E-state index in [1.165, 1.54) is 13.0 Å². The fourth-order valence-corrected chi connectivity index (χ4v) is 4.54.